The van der Waals surface area contributed by atoms with Gasteiger partial charge in [-0.1, -0.05) is 18.6 Å². The molecule has 16 heavy (non-hydrogen) atoms. The van der Waals surface area contributed by atoms with Crippen LogP contribution in [0.15, 0.2) is 29.2 Å². The number of para-hydroxylation sites is 1. The average Bonchev–Trinajstić information content (AvgIpc) is 2.33. The minimum atomic E-state index is 0.407. The Labute approximate surface area is 101 Å². The molecule has 1 saturated heterocycles. The first-order valence-electron chi connectivity index (χ1n) is 6.00. The van der Waals surface area contributed by atoms with Crippen LogP contribution in [-0.4, -0.2) is 23.4 Å². The number of phenolic OH excluding ortho intramolecular Hbond substituents is 1. The van der Waals surface area contributed by atoms with Crippen molar-refractivity contribution in [3.05, 3.63) is 24.3 Å². The molecule has 1 aliphatic heterocycles. The molecule has 0 aliphatic carbocycles. The lowest BCUT2D eigenvalue weighted by atomic mass is 10.0. The highest BCUT2D eigenvalue weighted by atomic mass is 32.2. The van der Waals surface area contributed by atoms with Gasteiger partial charge in [-0.05, 0) is 43.7 Å². The first kappa shape index (κ1) is 11.8. The van der Waals surface area contributed by atoms with Gasteiger partial charge in [0.15, 0.2) is 0 Å². The molecule has 1 unspecified atom stereocenters. The second kappa shape index (κ2) is 6.16. The Morgan fingerprint density at radius 1 is 1.31 bits per heavy atom. The van der Waals surface area contributed by atoms with E-state index in [0.29, 0.717) is 11.8 Å². The molecule has 1 heterocycles. The number of phenols is 1. The van der Waals surface area contributed by atoms with Crippen LogP contribution in [0.3, 0.4) is 0 Å². The monoisotopic (exact) mass is 237 g/mol. The van der Waals surface area contributed by atoms with Crippen LogP contribution in [0, 0.1) is 0 Å². The minimum Gasteiger partial charge on any atom is -0.507 e. The summed E-state index contributed by atoms with van der Waals surface area (Å²) < 4.78 is 0. The number of aromatic hydroxyl groups is 1. The van der Waals surface area contributed by atoms with Crippen molar-refractivity contribution in [2.45, 2.75) is 36.6 Å². The summed E-state index contributed by atoms with van der Waals surface area (Å²) in [6.07, 6.45) is 5.18. The van der Waals surface area contributed by atoms with Crippen LogP contribution in [0.4, 0.5) is 0 Å². The topological polar surface area (TPSA) is 32.3 Å². The normalized spacial score (nSPS) is 20.9. The minimum absolute atomic E-state index is 0.407. The van der Waals surface area contributed by atoms with Crippen LogP contribution >= 0.6 is 11.8 Å². The van der Waals surface area contributed by atoms with Crippen molar-refractivity contribution in [1.29, 1.82) is 0 Å². The van der Waals surface area contributed by atoms with Gasteiger partial charge in [-0.25, -0.2) is 0 Å². The highest BCUT2D eigenvalue weighted by Gasteiger charge is 2.12. The maximum absolute atomic E-state index is 9.61. The van der Waals surface area contributed by atoms with Crippen molar-refractivity contribution >= 4 is 11.8 Å². The van der Waals surface area contributed by atoms with Gasteiger partial charge in [0.2, 0.25) is 0 Å². The zero-order valence-corrected chi connectivity index (χ0v) is 10.3. The molecule has 1 fully saturated rings. The summed E-state index contributed by atoms with van der Waals surface area (Å²) in [4.78, 5) is 0.998. The highest BCUT2D eigenvalue weighted by molar-refractivity contribution is 7.99. The van der Waals surface area contributed by atoms with Gasteiger partial charge >= 0.3 is 0 Å². The maximum atomic E-state index is 9.61. The summed E-state index contributed by atoms with van der Waals surface area (Å²) in [6.45, 7) is 1.17. The number of hydrogen-bond donors (Lipinski definition) is 2. The van der Waals surface area contributed by atoms with Crippen LogP contribution < -0.4 is 5.32 Å². The fourth-order valence-corrected chi connectivity index (χ4v) is 3.07. The molecule has 1 aliphatic rings. The van der Waals surface area contributed by atoms with E-state index in [2.05, 4.69) is 5.32 Å². The Hall–Kier alpha value is -0.670. The van der Waals surface area contributed by atoms with Gasteiger partial charge in [0.1, 0.15) is 5.75 Å². The van der Waals surface area contributed by atoms with Gasteiger partial charge in [-0.2, -0.15) is 0 Å². The van der Waals surface area contributed by atoms with Gasteiger partial charge in [0.05, 0.1) is 0 Å². The fraction of sp³-hybridized carbons (Fsp3) is 0.538. The van der Waals surface area contributed by atoms with Crippen molar-refractivity contribution in [1.82, 2.24) is 5.32 Å². The SMILES string of the molecule is Oc1ccccc1SCCC1CCCCN1. The third-order valence-corrected chi connectivity index (χ3v) is 4.10. The molecule has 0 amide bonds. The van der Waals surface area contributed by atoms with E-state index in [-0.39, 0.29) is 0 Å². The van der Waals surface area contributed by atoms with E-state index in [1.54, 1.807) is 17.8 Å². The standard InChI is InChI=1S/C13H19NOS/c15-12-6-1-2-7-13(12)16-10-8-11-5-3-4-9-14-11/h1-2,6-7,11,14-15H,3-5,8-10H2. The number of benzene rings is 1. The Morgan fingerprint density at radius 2 is 2.19 bits per heavy atom. The predicted molar refractivity (Wildman–Crippen MR) is 69.1 cm³/mol. The van der Waals surface area contributed by atoms with E-state index in [4.69, 9.17) is 0 Å². The molecule has 2 rings (SSSR count). The molecule has 2 N–H and O–H groups in total. The first-order valence-corrected chi connectivity index (χ1v) is 6.99. The number of hydrogen-bond acceptors (Lipinski definition) is 3. The molecule has 0 saturated carbocycles. The summed E-state index contributed by atoms with van der Waals surface area (Å²) in [5.74, 6) is 1.49. The lowest BCUT2D eigenvalue weighted by Gasteiger charge is -2.23. The average molecular weight is 237 g/mol. The molecule has 1 aromatic rings. The van der Waals surface area contributed by atoms with E-state index in [0.717, 1.165) is 10.6 Å². The molecule has 2 nitrogen and oxygen atoms in total. The number of thioether (sulfide) groups is 1. The van der Waals surface area contributed by atoms with Gasteiger partial charge in [0.25, 0.3) is 0 Å². The molecule has 0 aromatic heterocycles. The zero-order chi connectivity index (χ0) is 11.2. The second-order valence-corrected chi connectivity index (χ2v) is 5.39. The Morgan fingerprint density at radius 3 is 2.94 bits per heavy atom. The van der Waals surface area contributed by atoms with Crippen LogP contribution in [0.1, 0.15) is 25.7 Å². The van der Waals surface area contributed by atoms with Crippen LogP contribution in [-0.2, 0) is 0 Å². The molecule has 3 heteroatoms. The molecular formula is C13H19NOS. The molecule has 1 aromatic carbocycles. The second-order valence-electron chi connectivity index (χ2n) is 4.25. The van der Waals surface area contributed by atoms with Crippen molar-refractivity contribution in [3.63, 3.8) is 0 Å². The lowest BCUT2D eigenvalue weighted by Crippen LogP contribution is -2.34. The quantitative estimate of drug-likeness (QED) is 0.790. The molecule has 88 valence electrons. The Kier molecular flexibility index (Phi) is 4.55. The van der Waals surface area contributed by atoms with E-state index in [1.807, 2.05) is 18.2 Å². The van der Waals surface area contributed by atoms with E-state index >= 15 is 0 Å². The maximum Gasteiger partial charge on any atom is 0.129 e. The van der Waals surface area contributed by atoms with E-state index in [9.17, 15) is 5.11 Å². The fourth-order valence-electron chi connectivity index (χ4n) is 2.06. The Bertz CT molecular complexity index is 323. The van der Waals surface area contributed by atoms with Crippen LogP contribution in [0.5, 0.6) is 5.75 Å². The van der Waals surface area contributed by atoms with Crippen LogP contribution in [0.2, 0.25) is 0 Å². The van der Waals surface area contributed by atoms with Gasteiger partial charge in [-0.3, -0.25) is 0 Å². The molecule has 0 spiro atoms. The summed E-state index contributed by atoms with van der Waals surface area (Å²) in [6, 6.07) is 8.26. The smallest absolute Gasteiger partial charge is 0.129 e. The van der Waals surface area contributed by atoms with Gasteiger partial charge < -0.3 is 10.4 Å². The zero-order valence-electron chi connectivity index (χ0n) is 9.48. The summed E-state index contributed by atoms with van der Waals surface area (Å²) in [7, 11) is 0. The highest BCUT2D eigenvalue weighted by Crippen LogP contribution is 2.28. The van der Waals surface area contributed by atoms with E-state index in [1.165, 1.54) is 32.2 Å². The molecule has 1 atom stereocenters. The van der Waals surface area contributed by atoms with Crippen molar-refractivity contribution in [2.75, 3.05) is 12.3 Å². The van der Waals surface area contributed by atoms with Gasteiger partial charge in [-0.15, -0.1) is 11.8 Å². The van der Waals surface area contributed by atoms with Crippen molar-refractivity contribution in [3.8, 4) is 5.75 Å². The predicted octanol–water partition coefficient (Wildman–Crippen LogP) is 3.02. The summed E-state index contributed by atoms with van der Waals surface area (Å²) in [5.41, 5.74) is 0. The summed E-state index contributed by atoms with van der Waals surface area (Å²) >= 11 is 1.75. The number of rotatable bonds is 4. The first-order chi connectivity index (χ1) is 7.86. The third kappa shape index (κ3) is 3.42. The third-order valence-electron chi connectivity index (χ3n) is 3.00. The molecule has 0 bridgehead atoms. The van der Waals surface area contributed by atoms with Crippen molar-refractivity contribution < 1.29 is 5.11 Å². The van der Waals surface area contributed by atoms with E-state index < -0.39 is 0 Å². The number of nitrogens with one attached hydrogen (secondary N) is 1. The van der Waals surface area contributed by atoms with Crippen LogP contribution in [0.25, 0.3) is 0 Å². The number of piperidine rings is 1. The lowest BCUT2D eigenvalue weighted by molar-refractivity contribution is 0.394. The molecule has 0 radical (unpaired) electrons. The molecular weight excluding hydrogens is 218 g/mol. The summed E-state index contributed by atoms with van der Waals surface area (Å²) in [5, 5.41) is 13.2. The Balaban J connectivity index is 1.73. The van der Waals surface area contributed by atoms with Crippen molar-refractivity contribution in [2.24, 2.45) is 0 Å². The van der Waals surface area contributed by atoms with Gasteiger partial charge in [0, 0.05) is 10.9 Å². The largest absolute Gasteiger partial charge is 0.507 e.